The highest BCUT2D eigenvalue weighted by Crippen LogP contribution is 2.35. The first-order valence-corrected chi connectivity index (χ1v) is 9.90. The third kappa shape index (κ3) is 3.77. The molecular weight excluding hydrogens is 398 g/mol. The Morgan fingerprint density at radius 2 is 2.00 bits per heavy atom. The lowest BCUT2D eigenvalue weighted by Gasteiger charge is -2.20. The van der Waals surface area contributed by atoms with Crippen LogP contribution in [0.2, 0.25) is 0 Å². The fourth-order valence-electron chi connectivity index (χ4n) is 3.81. The maximum Gasteiger partial charge on any atom is 0.325 e. The van der Waals surface area contributed by atoms with Crippen molar-refractivity contribution >= 4 is 33.8 Å². The number of hydrogen-bond acceptors (Lipinski definition) is 3. The number of nitrogens with zero attached hydrogens (tertiary/aromatic N) is 1. The van der Waals surface area contributed by atoms with Gasteiger partial charge in [0.1, 0.15) is 5.54 Å². The van der Waals surface area contributed by atoms with Gasteiger partial charge in [0.05, 0.1) is 6.04 Å². The van der Waals surface area contributed by atoms with Crippen LogP contribution in [0.15, 0.2) is 28.7 Å². The smallest absolute Gasteiger partial charge is 0.325 e. The molecule has 6 nitrogen and oxygen atoms in total. The van der Waals surface area contributed by atoms with Crippen molar-refractivity contribution in [1.29, 1.82) is 0 Å². The highest BCUT2D eigenvalue weighted by molar-refractivity contribution is 9.10. The van der Waals surface area contributed by atoms with Crippen LogP contribution in [0.1, 0.15) is 57.1 Å². The minimum atomic E-state index is -0.673. The summed E-state index contributed by atoms with van der Waals surface area (Å²) < 4.78 is 0.953. The minimum Gasteiger partial charge on any atom is -0.350 e. The van der Waals surface area contributed by atoms with E-state index in [1.807, 2.05) is 31.2 Å². The molecule has 1 aromatic carbocycles. The SMILES string of the molecule is CC(NC(=O)CCCN1C(=O)NC2(CCCC2)C1=O)c1ccccc1Br. The van der Waals surface area contributed by atoms with Crippen molar-refractivity contribution in [2.24, 2.45) is 0 Å². The number of imide groups is 1. The lowest BCUT2D eigenvalue weighted by atomic mass is 9.98. The summed E-state index contributed by atoms with van der Waals surface area (Å²) in [4.78, 5) is 38.1. The van der Waals surface area contributed by atoms with Crippen molar-refractivity contribution in [3.63, 3.8) is 0 Å². The molecule has 2 aliphatic rings. The molecule has 7 heteroatoms. The van der Waals surface area contributed by atoms with E-state index in [1.165, 1.54) is 4.90 Å². The Labute approximate surface area is 161 Å². The largest absolute Gasteiger partial charge is 0.350 e. The van der Waals surface area contributed by atoms with Gasteiger partial charge in [-0.05, 0) is 37.8 Å². The summed E-state index contributed by atoms with van der Waals surface area (Å²) in [5.41, 5.74) is 0.339. The Morgan fingerprint density at radius 1 is 1.31 bits per heavy atom. The van der Waals surface area contributed by atoms with Gasteiger partial charge < -0.3 is 10.6 Å². The van der Waals surface area contributed by atoms with Gasteiger partial charge in [-0.15, -0.1) is 0 Å². The van der Waals surface area contributed by atoms with Crippen molar-refractivity contribution in [2.75, 3.05) is 6.54 Å². The van der Waals surface area contributed by atoms with Gasteiger partial charge in [-0.2, -0.15) is 0 Å². The Kier molecular flexibility index (Phi) is 5.65. The van der Waals surface area contributed by atoms with Gasteiger partial charge in [-0.1, -0.05) is 47.0 Å². The van der Waals surface area contributed by atoms with Gasteiger partial charge in [0, 0.05) is 17.4 Å². The molecule has 2 fully saturated rings. The van der Waals surface area contributed by atoms with Gasteiger partial charge in [-0.25, -0.2) is 4.79 Å². The minimum absolute atomic E-state index is 0.0871. The number of halogens is 1. The van der Waals surface area contributed by atoms with E-state index in [2.05, 4.69) is 26.6 Å². The van der Waals surface area contributed by atoms with Gasteiger partial charge in [0.2, 0.25) is 5.91 Å². The first-order chi connectivity index (χ1) is 12.4. The molecule has 0 aromatic heterocycles. The van der Waals surface area contributed by atoms with Crippen molar-refractivity contribution < 1.29 is 14.4 Å². The predicted octanol–water partition coefficient (Wildman–Crippen LogP) is 3.27. The predicted molar refractivity (Wildman–Crippen MR) is 101 cm³/mol. The van der Waals surface area contributed by atoms with E-state index in [0.29, 0.717) is 6.42 Å². The maximum atomic E-state index is 12.6. The van der Waals surface area contributed by atoms with Crippen molar-refractivity contribution in [1.82, 2.24) is 15.5 Å². The fraction of sp³-hybridized carbons (Fsp3) is 0.526. The van der Waals surface area contributed by atoms with Gasteiger partial charge in [0.15, 0.2) is 0 Å². The standard InChI is InChI=1S/C19H24BrN3O3/c1-13(14-7-2-3-8-15(14)20)21-16(24)9-6-12-23-17(25)19(22-18(23)26)10-4-5-11-19/h2-3,7-8,13H,4-6,9-12H2,1H3,(H,21,24)(H,22,26). The van der Waals surface area contributed by atoms with Crippen LogP contribution in [0, 0.1) is 0 Å². The zero-order chi connectivity index (χ0) is 18.7. The first-order valence-electron chi connectivity index (χ1n) is 9.11. The highest BCUT2D eigenvalue weighted by atomic mass is 79.9. The number of urea groups is 1. The number of benzene rings is 1. The molecule has 1 aromatic rings. The van der Waals surface area contributed by atoms with Crippen molar-refractivity contribution in [3.05, 3.63) is 34.3 Å². The molecule has 1 saturated heterocycles. The third-order valence-electron chi connectivity index (χ3n) is 5.24. The summed E-state index contributed by atoms with van der Waals surface area (Å²) >= 11 is 3.49. The number of amides is 4. The molecule has 4 amide bonds. The second kappa shape index (κ2) is 7.78. The summed E-state index contributed by atoms with van der Waals surface area (Å²) in [5.74, 6) is -0.210. The average Bonchev–Trinajstić information content (AvgIpc) is 3.15. The number of hydrogen-bond donors (Lipinski definition) is 2. The molecular formula is C19H24BrN3O3. The van der Waals surface area contributed by atoms with Crippen LogP contribution < -0.4 is 10.6 Å². The lowest BCUT2D eigenvalue weighted by Crippen LogP contribution is -2.44. The second-order valence-electron chi connectivity index (χ2n) is 7.09. The molecule has 0 bridgehead atoms. The molecule has 1 saturated carbocycles. The summed E-state index contributed by atoms with van der Waals surface area (Å²) in [7, 11) is 0. The molecule has 140 valence electrons. The maximum absolute atomic E-state index is 12.6. The van der Waals surface area contributed by atoms with Gasteiger partial charge in [0.25, 0.3) is 5.91 Å². The van der Waals surface area contributed by atoms with E-state index in [4.69, 9.17) is 0 Å². The zero-order valence-electron chi connectivity index (χ0n) is 14.9. The lowest BCUT2D eigenvalue weighted by molar-refractivity contribution is -0.131. The molecule has 1 heterocycles. The zero-order valence-corrected chi connectivity index (χ0v) is 16.5. The van der Waals surface area contributed by atoms with Crippen LogP contribution in [0.25, 0.3) is 0 Å². The van der Waals surface area contributed by atoms with E-state index >= 15 is 0 Å². The van der Waals surface area contributed by atoms with Crippen LogP contribution in [-0.4, -0.2) is 34.8 Å². The number of carbonyl (C=O) groups excluding carboxylic acids is 3. The van der Waals surface area contributed by atoms with Crippen LogP contribution in [0.3, 0.4) is 0 Å². The van der Waals surface area contributed by atoms with Gasteiger partial charge in [-0.3, -0.25) is 14.5 Å². The molecule has 0 radical (unpaired) electrons. The van der Waals surface area contributed by atoms with Crippen LogP contribution in [0.5, 0.6) is 0 Å². The third-order valence-corrected chi connectivity index (χ3v) is 5.96. The number of rotatable bonds is 6. The van der Waals surface area contributed by atoms with Crippen molar-refractivity contribution in [2.45, 2.75) is 57.0 Å². The number of nitrogens with one attached hydrogen (secondary N) is 2. The van der Waals surface area contributed by atoms with Gasteiger partial charge >= 0.3 is 6.03 Å². The fourth-order valence-corrected chi connectivity index (χ4v) is 4.44. The normalized spacial score (nSPS) is 19.7. The molecule has 1 atom stereocenters. The van der Waals surface area contributed by atoms with Crippen LogP contribution in [-0.2, 0) is 9.59 Å². The average molecular weight is 422 g/mol. The Bertz CT molecular complexity index is 716. The van der Waals surface area contributed by atoms with Crippen LogP contribution >= 0.6 is 15.9 Å². The van der Waals surface area contributed by atoms with E-state index in [0.717, 1.165) is 35.7 Å². The summed E-state index contributed by atoms with van der Waals surface area (Å²) in [6, 6.07) is 7.32. The summed E-state index contributed by atoms with van der Waals surface area (Å²) in [6.07, 6.45) is 4.11. The van der Waals surface area contributed by atoms with Crippen LogP contribution in [0.4, 0.5) is 4.79 Å². The quantitative estimate of drug-likeness (QED) is 0.691. The topological polar surface area (TPSA) is 78.5 Å². The highest BCUT2D eigenvalue weighted by Gasteiger charge is 2.51. The number of carbonyl (C=O) groups is 3. The molecule has 26 heavy (non-hydrogen) atoms. The molecule has 2 N–H and O–H groups in total. The second-order valence-corrected chi connectivity index (χ2v) is 7.94. The Morgan fingerprint density at radius 3 is 2.69 bits per heavy atom. The molecule has 1 aliphatic heterocycles. The monoisotopic (exact) mass is 421 g/mol. The Hall–Kier alpha value is -1.89. The molecule has 1 unspecified atom stereocenters. The van der Waals surface area contributed by atoms with E-state index < -0.39 is 5.54 Å². The molecule has 1 aliphatic carbocycles. The Balaban J connectivity index is 1.47. The van der Waals surface area contributed by atoms with E-state index in [9.17, 15) is 14.4 Å². The molecule has 3 rings (SSSR count). The first kappa shape index (κ1) is 18.9. The summed E-state index contributed by atoms with van der Waals surface area (Å²) in [6.45, 7) is 2.21. The molecule has 1 spiro atoms. The van der Waals surface area contributed by atoms with E-state index in [-0.39, 0.29) is 36.9 Å². The van der Waals surface area contributed by atoms with Crippen molar-refractivity contribution in [3.8, 4) is 0 Å². The van der Waals surface area contributed by atoms with E-state index in [1.54, 1.807) is 0 Å². The summed E-state index contributed by atoms with van der Waals surface area (Å²) in [5, 5.41) is 5.82.